The minimum atomic E-state index is 0.299. The Kier molecular flexibility index (Phi) is 3.69. The zero-order valence-corrected chi connectivity index (χ0v) is 12.4. The SMILES string of the molecule is Oc1cccc(SCc2sc3ccccc3c2Cl)c1. The molecule has 0 saturated carbocycles. The Morgan fingerprint density at radius 1 is 1.11 bits per heavy atom. The van der Waals surface area contributed by atoms with Crippen LogP contribution in [0.25, 0.3) is 10.1 Å². The number of hydrogen-bond acceptors (Lipinski definition) is 3. The number of halogens is 1. The van der Waals surface area contributed by atoms with Gasteiger partial charge in [0.1, 0.15) is 5.75 Å². The molecule has 96 valence electrons. The smallest absolute Gasteiger partial charge is 0.116 e. The monoisotopic (exact) mass is 306 g/mol. The van der Waals surface area contributed by atoms with Crippen LogP contribution in [0, 0.1) is 0 Å². The molecule has 3 rings (SSSR count). The maximum Gasteiger partial charge on any atom is 0.116 e. The third-order valence-electron chi connectivity index (χ3n) is 2.79. The molecular weight excluding hydrogens is 296 g/mol. The third kappa shape index (κ3) is 2.73. The van der Waals surface area contributed by atoms with Crippen LogP contribution >= 0.6 is 34.7 Å². The van der Waals surface area contributed by atoms with Gasteiger partial charge in [-0.15, -0.1) is 23.1 Å². The molecule has 0 aliphatic rings. The second-order valence-electron chi connectivity index (χ2n) is 4.12. The lowest BCUT2D eigenvalue weighted by Gasteiger charge is -2.01. The number of aromatic hydroxyl groups is 1. The summed E-state index contributed by atoms with van der Waals surface area (Å²) in [4.78, 5) is 2.23. The molecule has 0 aliphatic carbocycles. The van der Waals surface area contributed by atoms with Crippen molar-refractivity contribution >= 4 is 44.8 Å². The topological polar surface area (TPSA) is 20.2 Å². The fraction of sp³-hybridized carbons (Fsp3) is 0.0667. The van der Waals surface area contributed by atoms with E-state index in [1.807, 2.05) is 24.3 Å². The molecule has 0 atom stereocenters. The second-order valence-corrected chi connectivity index (χ2v) is 6.68. The molecule has 4 heteroatoms. The van der Waals surface area contributed by atoms with Crippen LogP contribution in [0.15, 0.2) is 53.4 Å². The van der Waals surface area contributed by atoms with Gasteiger partial charge in [0.2, 0.25) is 0 Å². The number of thioether (sulfide) groups is 1. The minimum absolute atomic E-state index is 0.299. The highest BCUT2D eigenvalue weighted by atomic mass is 35.5. The summed E-state index contributed by atoms with van der Waals surface area (Å²) in [7, 11) is 0. The van der Waals surface area contributed by atoms with Crippen molar-refractivity contribution < 1.29 is 5.11 Å². The van der Waals surface area contributed by atoms with Crippen molar-refractivity contribution in [1.82, 2.24) is 0 Å². The van der Waals surface area contributed by atoms with E-state index in [0.717, 1.165) is 21.1 Å². The number of rotatable bonds is 3. The van der Waals surface area contributed by atoms with Gasteiger partial charge in [-0.05, 0) is 24.3 Å². The van der Waals surface area contributed by atoms with Crippen LogP contribution in [0.4, 0.5) is 0 Å². The van der Waals surface area contributed by atoms with E-state index in [1.165, 1.54) is 9.58 Å². The first kappa shape index (κ1) is 12.9. The third-order valence-corrected chi connectivity index (χ3v) is 5.71. The Bertz CT molecular complexity index is 721. The van der Waals surface area contributed by atoms with E-state index in [2.05, 4.69) is 12.1 Å². The van der Waals surface area contributed by atoms with Gasteiger partial charge in [0, 0.05) is 25.6 Å². The van der Waals surface area contributed by atoms with Crippen LogP contribution in [0.3, 0.4) is 0 Å². The molecule has 19 heavy (non-hydrogen) atoms. The first-order valence-electron chi connectivity index (χ1n) is 5.82. The van der Waals surface area contributed by atoms with E-state index in [-0.39, 0.29) is 0 Å². The summed E-state index contributed by atoms with van der Waals surface area (Å²) in [5.41, 5.74) is 0. The van der Waals surface area contributed by atoms with Crippen LogP contribution in [0.5, 0.6) is 5.75 Å². The van der Waals surface area contributed by atoms with Crippen molar-refractivity contribution in [3.8, 4) is 5.75 Å². The number of thiophene rings is 1. The fourth-order valence-electron chi connectivity index (χ4n) is 1.88. The Hall–Kier alpha value is -1.16. The first-order valence-corrected chi connectivity index (χ1v) is 8.00. The van der Waals surface area contributed by atoms with Crippen LogP contribution in [0.2, 0.25) is 5.02 Å². The highest BCUT2D eigenvalue weighted by molar-refractivity contribution is 7.98. The lowest BCUT2D eigenvalue weighted by atomic mass is 10.2. The van der Waals surface area contributed by atoms with Crippen LogP contribution in [-0.2, 0) is 5.75 Å². The predicted molar refractivity (Wildman–Crippen MR) is 84.5 cm³/mol. The quantitative estimate of drug-likeness (QED) is 0.640. The maximum atomic E-state index is 9.44. The number of benzene rings is 2. The number of fused-ring (bicyclic) bond motifs is 1. The molecule has 0 bridgehead atoms. The summed E-state index contributed by atoms with van der Waals surface area (Å²) in [6, 6.07) is 15.5. The number of hydrogen-bond donors (Lipinski definition) is 1. The zero-order chi connectivity index (χ0) is 13.2. The molecule has 1 N–H and O–H groups in total. The lowest BCUT2D eigenvalue weighted by molar-refractivity contribution is 0.474. The van der Waals surface area contributed by atoms with E-state index < -0.39 is 0 Å². The van der Waals surface area contributed by atoms with Crippen molar-refractivity contribution in [3.05, 3.63) is 58.4 Å². The zero-order valence-electron chi connectivity index (χ0n) is 9.97. The number of phenols is 1. The van der Waals surface area contributed by atoms with Crippen LogP contribution in [-0.4, -0.2) is 5.11 Å². The highest BCUT2D eigenvalue weighted by Crippen LogP contribution is 2.38. The van der Waals surface area contributed by atoms with Crippen molar-refractivity contribution in [1.29, 1.82) is 0 Å². The van der Waals surface area contributed by atoms with Gasteiger partial charge >= 0.3 is 0 Å². The minimum Gasteiger partial charge on any atom is -0.508 e. The normalized spacial score (nSPS) is 11.0. The second kappa shape index (κ2) is 5.45. The molecule has 0 fully saturated rings. The van der Waals surface area contributed by atoms with E-state index in [1.54, 1.807) is 35.2 Å². The molecule has 0 unspecified atom stereocenters. The summed E-state index contributed by atoms with van der Waals surface area (Å²) < 4.78 is 1.22. The predicted octanol–water partition coefficient (Wildman–Crippen LogP) is 5.55. The molecule has 0 spiro atoms. The molecule has 0 aliphatic heterocycles. The Morgan fingerprint density at radius 2 is 1.95 bits per heavy atom. The van der Waals surface area contributed by atoms with Crippen molar-refractivity contribution in [2.24, 2.45) is 0 Å². The van der Waals surface area contributed by atoms with E-state index in [0.29, 0.717) is 5.75 Å². The Labute approximate surface area is 124 Å². The van der Waals surface area contributed by atoms with E-state index in [9.17, 15) is 5.11 Å². The van der Waals surface area contributed by atoms with Crippen molar-refractivity contribution in [2.45, 2.75) is 10.6 Å². The van der Waals surface area contributed by atoms with Crippen LogP contribution < -0.4 is 0 Å². The molecule has 2 aromatic carbocycles. The molecule has 1 aromatic heterocycles. The molecule has 1 nitrogen and oxygen atoms in total. The summed E-state index contributed by atoms with van der Waals surface area (Å²) in [6.07, 6.45) is 0. The average molecular weight is 307 g/mol. The maximum absolute atomic E-state index is 9.44. The van der Waals surface area contributed by atoms with Crippen LogP contribution in [0.1, 0.15) is 4.88 Å². The van der Waals surface area contributed by atoms with Gasteiger partial charge in [0.15, 0.2) is 0 Å². The summed E-state index contributed by atoms with van der Waals surface area (Å²) in [5, 5.41) is 11.4. The van der Waals surface area contributed by atoms with Gasteiger partial charge in [0.25, 0.3) is 0 Å². The van der Waals surface area contributed by atoms with Gasteiger partial charge < -0.3 is 5.11 Å². The average Bonchev–Trinajstić information content (AvgIpc) is 2.74. The largest absolute Gasteiger partial charge is 0.508 e. The standard InChI is InChI=1S/C15H11ClOS2/c16-15-12-6-1-2-7-13(12)19-14(15)9-18-11-5-3-4-10(17)8-11/h1-8,17H,9H2. The Balaban J connectivity index is 1.84. The van der Waals surface area contributed by atoms with Gasteiger partial charge in [-0.3, -0.25) is 0 Å². The van der Waals surface area contributed by atoms with Gasteiger partial charge in [-0.2, -0.15) is 0 Å². The molecule has 0 saturated heterocycles. The number of phenolic OH excluding ortho intramolecular Hbond substituents is 1. The highest BCUT2D eigenvalue weighted by Gasteiger charge is 2.10. The van der Waals surface area contributed by atoms with Crippen molar-refractivity contribution in [2.75, 3.05) is 0 Å². The lowest BCUT2D eigenvalue weighted by Crippen LogP contribution is -1.76. The van der Waals surface area contributed by atoms with Gasteiger partial charge in [-0.25, -0.2) is 0 Å². The molecule has 0 amide bonds. The molecular formula is C15H11ClOS2. The van der Waals surface area contributed by atoms with Gasteiger partial charge in [-0.1, -0.05) is 35.9 Å². The first-order chi connectivity index (χ1) is 9.24. The van der Waals surface area contributed by atoms with Gasteiger partial charge in [0.05, 0.1) is 5.02 Å². The van der Waals surface area contributed by atoms with E-state index >= 15 is 0 Å². The summed E-state index contributed by atoms with van der Waals surface area (Å²) in [5.74, 6) is 1.12. The molecule has 1 heterocycles. The molecule has 3 aromatic rings. The van der Waals surface area contributed by atoms with Crippen molar-refractivity contribution in [3.63, 3.8) is 0 Å². The van der Waals surface area contributed by atoms with E-state index in [4.69, 9.17) is 11.6 Å². The molecule has 0 radical (unpaired) electrons. The Morgan fingerprint density at radius 3 is 2.74 bits per heavy atom. The summed E-state index contributed by atoms with van der Waals surface area (Å²) >= 11 is 9.82. The fourth-order valence-corrected chi connectivity index (χ4v) is 4.49. The summed E-state index contributed by atoms with van der Waals surface area (Å²) in [6.45, 7) is 0.